The maximum Gasteiger partial charge on any atom is 0.410 e. The molecule has 2 rings (SSSR count). The van der Waals surface area contributed by atoms with Gasteiger partial charge in [0, 0.05) is 26.2 Å². The molecular formula is C14H18FN5O2. The number of ether oxygens (including phenoxy) is 1. The predicted octanol–water partition coefficient (Wildman–Crippen LogP) is 1.54. The zero-order valence-corrected chi connectivity index (χ0v) is 12.8. The molecule has 0 bridgehead atoms. The Bertz CT molecular complexity index is 600. The molecule has 1 fully saturated rings. The fourth-order valence-corrected chi connectivity index (χ4v) is 2.06. The molecule has 1 saturated heterocycles. The first-order valence-electron chi connectivity index (χ1n) is 6.95. The number of hydrogen-bond acceptors (Lipinski definition) is 6. The summed E-state index contributed by atoms with van der Waals surface area (Å²) in [4.78, 5) is 22.7. The Labute approximate surface area is 128 Å². The molecule has 1 aliphatic heterocycles. The molecule has 0 radical (unpaired) electrons. The van der Waals surface area contributed by atoms with Crippen LogP contribution in [0.15, 0.2) is 6.20 Å². The maximum absolute atomic E-state index is 13.8. The van der Waals surface area contributed by atoms with Gasteiger partial charge in [-0.1, -0.05) is 0 Å². The minimum absolute atomic E-state index is 0.0778. The van der Waals surface area contributed by atoms with Crippen molar-refractivity contribution in [2.75, 3.05) is 31.1 Å². The van der Waals surface area contributed by atoms with Crippen LogP contribution >= 0.6 is 0 Å². The summed E-state index contributed by atoms with van der Waals surface area (Å²) in [6, 6.07) is 1.79. The van der Waals surface area contributed by atoms with Gasteiger partial charge >= 0.3 is 6.09 Å². The summed E-state index contributed by atoms with van der Waals surface area (Å²) < 4.78 is 19.1. The number of hydrogen-bond donors (Lipinski definition) is 0. The fourth-order valence-electron chi connectivity index (χ4n) is 2.06. The van der Waals surface area contributed by atoms with Gasteiger partial charge in [0.15, 0.2) is 11.6 Å². The first kappa shape index (κ1) is 15.9. The lowest BCUT2D eigenvalue weighted by Crippen LogP contribution is -2.50. The zero-order valence-electron chi connectivity index (χ0n) is 12.8. The third-order valence-corrected chi connectivity index (χ3v) is 3.06. The summed E-state index contributed by atoms with van der Waals surface area (Å²) in [6.45, 7) is 7.05. The second kappa shape index (κ2) is 6.13. The summed E-state index contributed by atoms with van der Waals surface area (Å²) in [5.74, 6) is -0.564. The van der Waals surface area contributed by atoms with Gasteiger partial charge in [0.05, 0.1) is 6.20 Å². The van der Waals surface area contributed by atoms with Gasteiger partial charge in [0.1, 0.15) is 11.7 Å². The third-order valence-electron chi connectivity index (χ3n) is 3.06. The fraction of sp³-hybridized carbons (Fsp3) is 0.571. The number of rotatable bonds is 1. The van der Waals surface area contributed by atoms with Crippen molar-refractivity contribution in [3.05, 3.63) is 17.8 Å². The topological polar surface area (TPSA) is 82.4 Å². The summed E-state index contributed by atoms with van der Waals surface area (Å²) in [7, 11) is 0. The van der Waals surface area contributed by atoms with E-state index in [1.54, 1.807) is 36.6 Å². The molecule has 0 unspecified atom stereocenters. The summed E-state index contributed by atoms with van der Waals surface area (Å²) in [5.41, 5.74) is -0.547. The van der Waals surface area contributed by atoms with E-state index in [-0.39, 0.29) is 17.7 Å². The maximum atomic E-state index is 13.8. The molecule has 22 heavy (non-hydrogen) atoms. The molecule has 2 heterocycles. The van der Waals surface area contributed by atoms with Crippen molar-refractivity contribution >= 4 is 11.9 Å². The molecule has 0 spiro atoms. The van der Waals surface area contributed by atoms with Crippen LogP contribution in [0.1, 0.15) is 26.6 Å². The van der Waals surface area contributed by atoms with Crippen molar-refractivity contribution in [2.45, 2.75) is 26.4 Å². The summed E-state index contributed by atoms with van der Waals surface area (Å²) >= 11 is 0. The summed E-state index contributed by atoms with van der Waals surface area (Å²) in [5, 5.41) is 8.79. The predicted molar refractivity (Wildman–Crippen MR) is 76.7 cm³/mol. The molecule has 1 aromatic heterocycles. The van der Waals surface area contributed by atoms with Gasteiger partial charge < -0.3 is 14.5 Å². The van der Waals surface area contributed by atoms with Crippen LogP contribution in [-0.4, -0.2) is 52.7 Å². The van der Waals surface area contributed by atoms with E-state index in [9.17, 15) is 9.18 Å². The Hall–Kier alpha value is -2.43. The van der Waals surface area contributed by atoms with Crippen LogP contribution in [0.3, 0.4) is 0 Å². The highest BCUT2D eigenvalue weighted by atomic mass is 19.1. The molecular weight excluding hydrogens is 289 g/mol. The summed E-state index contributed by atoms with van der Waals surface area (Å²) in [6.07, 6.45) is 0.606. The van der Waals surface area contributed by atoms with Crippen LogP contribution in [0.4, 0.5) is 15.0 Å². The molecule has 0 N–H and O–H groups in total. The van der Waals surface area contributed by atoms with E-state index < -0.39 is 11.4 Å². The minimum Gasteiger partial charge on any atom is -0.444 e. The number of nitrogens with zero attached hydrogens (tertiary/aromatic N) is 5. The van der Waals surface area contributed by atoms with E-state index in [0.29, 0.717) is 26.2 Å². The first-order chi connectivity index (χ1) is 10.3. The van der Waals surface area contributed by atoms with Crippen LogP contribution in [0.5, 0.6) is 0 Å². The third kappa shape index (κ3) is 3.81. The Morgan fingerprint density at radius 3 is 2.55 bits per heavy atom. The molecule has 0 aliphatic carbocycles. The quantitative estimate of drug-likeness (QED) is 0.783. The van der Waals surface area contributed by atoms with E-state index >= 15 is 0 Å². The van der Waals surface area contributed by atoms with Crippen LogP contribution < -0.4 is 4.90 Å². The van der Waals surface area contributed by atoms with Gasteiger partial charge in [0.2, 0.25) is 5.82 Å². The van der Waals surface area contributed by atoms with Crippen molar-refractivity contribution in [1.82, 2.24) is 14.9 Å². The van der Waals surface area contributed by atoms with Crippen molar-refractivity contribution < 1.29 is 13.9 Å². The molecule has 1 aliphatic rings. The van der Waals surface area contributed by atoms with Crippen molar-refractivity contribution in [1.29, 1.82) is 5.26 Å². The van der Waals surface area contributed by atoms with Crippen molar-refractivity contribution in [3.63, 3.8) is 0 Å². The Morgan fingerprint density at radius 2 is 2.00 bits per heavy atom. The van der Waals surface area contributed by atoms with E-state index in [4.69, 9.17) is 10.00 Å². The highest BCUT2D eigenvalue weighted by Crippen LogP contribution is 2.18. The zero-order chi connectivity index (χ0) is 16.3. The number of amides is 1. The second-order valence-electron chi connectivity index (χ2n) is 5.93. The molecule has 0 atom stereocenters. The standard InChI is InChI=1S/C14H18FN5O2/c1-14(2,3)22-13(21)20-6-4-19(5-7-20)12-10(15)9-17-11(8-16)18-12/h9H,4-7H2,1-3H3. The number of carbonyl (C=O) groups is 1. The SMILES string of the molecule is CC(C)(C)OC(=O)N1CCN(c2nc(C#N)ncc2F)CC1. The molecule has 7 nitrogen and oxygen atoms in total. The number of halogens is 1. The van der Waals surface area contributed by atoms with E-state index in [2.05, 4.69) is 9.97 Å². The van der Waals surface area contributed by atoms with Crippen molar-refractivity contribution in [2.24, 2.45) is 0 Å². The number of piperazine rings is 1. The van der Waals surface area contributed by atoms with Crippen LogP contribution in [0.25, 0.3) is 0 Å². The molecule has 0 saturated carbocycles. The van der Waals surface area contributed by atoms with Gasteiger partial charge in [0.25, 0.3) is 0 Å². The number of anilines is 1. The van der Waals surface area contributed by atoms with Gasteiger partial charge in [-0.3, -0.25) is 0 Å². The van der Waals surface area contributed by atoms with Gasteiger partial charge in [-0.25, -0.2) is 14.2 Å². The smallest absolute Gasteiger partial charge is 0.410 e. The molecule has 1 aromatic rings. The molecule has 8 heteroatoms. The molecule has 1 amide bonds. The molecule has 0 aromatic carbocycles. The first-order valence-corrected chi connectivity index (χ1v) is 6.95. The lowest BCUT2D eigenvalue weighted by Gasteiger charge is -2.36. The lowest BCUT2D eigenvalue weighted by atomic mass is 10.2. The minimum atomic E-state index is -0.579. The van der Waals surface area contributed by atoms with E-state index in [1.165, 1.54) is 0 Å². The number of carbonyl (C=O) groups excluding carboxylic acids is 1. The van der Waals surface area contributed by atoms with Gasteiger partial charge in [-0.2, -0.15) is 10.2 Å². The average Bonchev–Trinajstić information content (AvgIpc) is 2.46. The largest absolute Gasteiger partial charge is 0.444 e. The number of nitriles is 1. The van der Waals surface area contributed by atoms with Crippen LogP contribution in [-0.2, 0) is 4.74 Å². The van der Waals surface area contributed by atoms with Gasteiger partial charge in [-0.15, -0.1) is 0 Å². The van der Waals surface area contributed by atoms with E-state index in [1.807, 2.05) is 0 Å². The van der Waals surface area contributed by atoms with E-state index in [0.717, 1.165) is 6.20 Å². The highest BCUT2D eigenvalue weighted by molar-refractivity contribution is 5.68. The average molecular weight is 307 g/mol. The molecule has 118 valence electrons. The number of aromatic nitrogens is 2. The Balaban J connectivity index is 2.01. The Kier molecular flexibility index (Phi) is 4.45. The second-order valence-corrected chi connectivity index (χ2v) is 5.93. The van der Waals surface area contributed by atoms with Crippen LogP contribution in [0, 0.1) is 17.1 Å². The monoisotopic (exact) mass is 307 g/mol. The van der Waals surface area contributed by atoms with Crippen LogP contribution in [0.2, 0.25) is 0 Å². The van der Waals surface area contributed by atoms with Crippen molar-refractivity contribution in [3.8, 4) is 6.07 Å². The Morgan fingerprint density at radius 1 is 1.36 bits per heavy atom. The normalized spacial score (nSPS) is 15.4. The highest BCUT2D eigenvalue weighted by Gasteiger charge is 2.27. The van der Waals surface area contributed by atoms with Gasteiger partial charge in [-0.05, 0) is 20.8 Å². The lowest BCUT2D eigenvalue weighted by molar-refractivity contribution is 0.0240.